The Balaban J connectivity index is 1.86. The van der Waals surface area contributed by atoms with Gasteiger partial charge in [0.05, 0.1) is 21.3 Å². The minimum Gasteiger partial charge on any atom is -0.496 e. The molecule has 0 aliphatic carbocycles. The van der Waals surface area contributed by atoms with Crippen molar-refractivity contribution in [1.29, 1.82) is 0 Å². The van der Waals surface area contributed by atoms with E-state index in [1.807, 2.05) is 0 Å². The number of methoxy groups -OCH3 is 3. The average Bonchev–Trinajstić information content (AvgIpc) is 2.70. The van der Waals surface area contributed by atoms with Gasteiger partial charge >= 0.3 is 0 Å². The summed E-state index contributed by atoms with van der Waals surface area (Å²) >= 11 is 0. The fourth-order valence-electron chi connectivity index (χ4n) is 2.64. The number of rotatable bonds is 6. The highest BCUT2D eigenvalue weighted by molar-refractivity contribution is 6.07. The first-order valence-electron chi connectivity index (χ1n) is 8.08. The zero-order chi connectivity index (χ0) is 18.5. The van der Waals surface area contributed by atoms with Crippen LogP contribution in [0.15, 0.2) is 36.4 Å². The minimum atomic E-state index is -0.154. The Kier molecular flexibility index (Phi) is 5.31. The number of hydrogen-bond donors (Lipinski definition) is 0. The summed E-state index contributed by atoms with van der Waals surface area (Å²) in [5, 5.41) is 0. The Bertz CT molecular complexity index is 840. The molecule has 0 radical (unpaired) electrons. The third kappa shape index (κ3) is 3.59. The van der Waals surface area contributed by atoms with Gasteiger partial charge in [-0.3, -0.25) is 4.79 Å². The molecule has 6 heteroatoms. The molecule has 0 N–H and O–H groups in total. The van der Waals surface area contributed by atoms with Crippen LogP contribution in [-0.2, 0) is 0 Å². The van der Waals surface area contributed by atoms with Gasteiger partial charge in [0.25, 0.3) is 0 Å². The van der Waals surface area contributed by atoms with Gasteiger partial charge in [-0.05, 0) is 36.4 Å². The largest absolute Gasteiger partial charge is 0.496 e. The van der Waals surface area contributed by atoms with E-state index in [-0.39, 0.29) is 5.78 Å². The van der Waals surface area contributed by atoms with E-state index in [0.717, 1.165) is 0 Å². The summed E-state index contributed by atoms with van der Waals surface area (Å²) in [6.07, 6.45) is 3.16. The monoisotopic (exact) mass is 356 g/mol. The summed E-state index contributed by atoms with van der Waals surface area (Å²) in [5.41, 5.74) is 1.22. The fraction of sp³-hybridized carbons (Fsp3) is 0.250. The fourth-order valence-corrected chi connectivity index (χ4v) is 2.64. The van der Waals surface area contributed by atoms with E-state index >= 15 is 0 Å². The molecule has 0 saturated heterocycles. The molecule has 0 unspecified atom stereocenters. The molecule has 6 nitrogen and oxygen atoms in total. The predicted molar refractivity (Wildman–Crippen MR) is 96.9 cm³/mol. The van der Waals surface area contributed by atoms with Crippen molar-refractivity contribution in [2.45, 2.75) is 0 Å². The normalized spacial score (nSPS) is 12.7. The lowest BCUT2D eigenvalue weighted by Crippen LogP contribution is -2.15. The molecule has 136 valence electrons. The van der Waals surface area contributed by atoms with Gasteiger partial charge in [-0.25, -0.2) is 0 Å². The molecule has 2 aromatic carbocycles. The maximum Gasteiger partial charge on any atom is 0.185 e. The van der Waals surface area contributed by atoms with Crippen molar-refractivity contribution in [3.63, 3.8) is 0 Å². The van der Waals surface area contributed by atoms with Gasteiger partial charge < -0.3 is 23.7 Å². The number of ketones is 1. The molecule has 0 amide bonds. The Morgan fingerprint density at radius 3 is 2.23 bits per heavy atom. The smallest absolute Gasteiger partial charge is 0.185 e. The van der Waals surface area contributed by atoms with Crippen molar-refractivity contribution in [3.8, 4) is 28.7 Å². The highest BCUT2D eigenvalue weighted by atomic mass is 16.6. The lowest BCUT2D eigenvalue weighted by molar-refractivity contribution is 0.104. The number of ether oxygens (including phenoxy) is 5. The number of hydrogen-bond acceptors (Lipinski definition) is 6. The number of carbonyl (C=O) groups is 1. The molecule has 0 bridgehead atoms. The Labute approximate surface area is 151 Å². The van der Waals surface area contributed by atoms with E-state index in [2.05, 4.69) is 0 Å². The summed E-state index contributed by atoms with van der Waals surface area (Å²) in [5.74, 6) is 2.77. The lowest BCUT2D eigenvalue weighted by atomic mass is 10.1. The van der Waals surface area contributed by atoms with Crippen LogP contribution in [0, 0.1) is 0 Å². The van der Waals surface area contributed by atoms with E-state index in [0.29, 0.717) is 53.1 Å². The summed E-state index contributed by atoms with van der Waals surface area (Å²) < 4.78 is 26.9. The summed E-state index contributed by atoms with van der Waals surface area (Å²) in [7, 11) is 4.66. The maximum absolute atomic E-state index is 12.5. The quantitative estimate of drug-likeness (QED) is 0.584. The van der Waals surface area contributed by atoms with Crippen molar-refractivity contribution in [3.05, 3.63) is 47.5 Å². The molecule has 26 heavy (non-hydrogen) atoms. The molecule has 1 heterocycles. The first-order chi connectivity index (χ1) is 12.7. The van der Waals surface area contributed by atoms with E-state index in [1.165, 1.54) is 6.08 Å². The second-order valence-electron chi connectivity index (χ2n) is 5.51. The topological polar surface area (TPSA) is 63.2 Å². The van der Waals surface area contributed by atoms with Gasteiger partial charge in [0, 0.05) is 17.2 Å². The first kappa shape index (κ1) is 17.7. The number of carbonyl (C=O) groups excluding carboxylic acids is 1. The second-order valence-corrected chi connectivity index (χ2v) is 5.51. The van der Waals surface area contributed by atoms with Crippen LogP contribution in [-0.4, -0.2) is 40.3 Å². The maximum atomic E-state index is 12.5. The Hall–Kier alpha value is -3.15. The summed E-state index contributed by atoms with van der Waals surface area (Å²) in [6.45, 7) is 0.989. The third-order valence-corrected chi connectivity index (χ3v) is 3.98. The van der Waals surface area contributed by atoms with Crippen molar-refractivity contribution in [1.82, 2.24) is 0 Å². The standard InChI is InChI=1S/C20H20O6/c1-22-17-12-19(24-3)18(23-2)11-14(17)4-6-15(21)13-5-7-16-20(10-13)26-9-8-25-16/h4-7,10-12H,8-9H2,1-3H3/b6-4+. The van der Waals surface area contributed by atoms with Crippen LogP contribution in [0.5, 0.6) is 28.7 Å². The first-order valence-corrected chi connectivity index (χ1v) is 8.08. The highest BCUT2D eigenvalue weighted by Gasteiger charge is 2.14. The van der Waals surface area contributed by atoms with Gasteiger partial charge in [-0.2, -0.15) is 0 Å². The highest BCUT2D eigenvalue weighted by Crippen LogP contribution is 2.35. The van der Waals surface area contributed by atoms with Crippen LogP contribution in [0.25, 0.3) is 6.08 Å². The molecule has 0 aromatic heterocycles. The minimum absolute atomic E-state index is 0.154. The van der Waals surface area contributed by atoms with Crippen LogP contribution in [0.1, 0.15) is 15.9 Å². The van der Waals surface area contributed by atoms with Crippen molar-refractivity contribution < 1.29 is 28.5 Å². The zero-order valence-electron chi connectivity index (χ0n) is 14.9. The van der Waals surface area contributed by atoms with Crippen LogP contribution in [0.3, 0.4) is 0 Å². The number of benzene rings is 2. The number of allylic oxidation sites excluding steroid dienone is 1. The molecule has 1 aliphatic rings. The van der Waals surface area contributed by atoms with Crippen LogP contribution >= 0.6 is 0 Å². The average molecular weight is 356 g/mol. The molecule has 2 aromatic rings. The molecular formula is C20H20O6. The van der Waals surface area contributed by atoms with Gasteiger partial charge in [-0.15, -0.1) is 0 Å². The van der Waals surface area contributed by atoms with Gasteiger partial charge in [0.15, 0.2) is 28.8 Å². The van der Waals surface area contributed by atoms with Crippen molar-refractivity contribution in [2.75, 3.05) is 34.5 Å². The second kappa shape index (κ2) is 7.82. The van der Waals surface area contributed by atoms with E-state index < -0.39 is 0 Å². The number of fused-ring (bicyclic) bond motifs is 1. The summed E-state index contributed by atoms with van der Waals surface area (Å²) in [6, 6.07) is 8.61. The molecule has 0 saturated carbocycles. The van der Waals surface area contributed by atoms with Crippen LogP contribution < -0.4 is 23.7 Å². The van der Waals surface area contributed by atoms with E-state index in [9.17, 15) is 4.79 Å². The lowest BCUT2D eigenvalue weighted by Gasteiger charge is -2.18. The van der Waals surface area contributed by atoms with Crippen LogP contribution in [0.4, 0.5) is 0 Å². The molecule has 0 atom stereocenters. The van der Waals surface area contributed by atoms with Crippen molar-refractivity contribution >= 4 is 11.9 Å². The van der Waals surface area contributed by atoms with Gasteiger partial charge in [0.2, 0.25) is 0 Å². The van der Waals surface area contributed by atoms with Gasteiger partial charge in [0.1, 0.15) is 19.0 Å². The van der Waals surface area contributed by atoms with E-state index in [4.69, 9.17) is 23.7 Å². The zero-order valence-corrected chi connectivity index (χ0v) is 14.9. The molecule has 3 rings (SSSR count). The predicted octanol–water partition coefficient (Wildman–Crippen LogP) is 3.38. The molecular weight excluding hydrogens is 336 g/mol. The molecule has 1 aliphatic heterocycles. The van der Waals surface area contributed by atoms with Gasteiger partial charge in [-0.1, -0.05) is 0 Å². The Morgan fingerprint density at radius 2 is 1.54 bits per heavy atom. The SMILES string of the molecule is COc1cc(OC)c(OC)cc1/C=C/C(=O)c1ccc2c(c1)OCCO2. The van der Waals surface area contributed by atoms with Crippen molar-refractivity contribution in [2.24, 2.45) is 0 Å². The third-order valence-electron chi connectivity index (χ3n) is 3.98. The Morgan fingerprint density at radius 1 is 0.885 bits per heavy atom. The van der Waals surface area contributed by atoms with E-state index in [1.54, 1.807) is 57.7 Å². The van der Waals surface area contributed by atoms with Crippen LogP contribution in [0.2, 0.25) is 0 Å². The molecule has 0 fully saturated rings. The molecule has 0 spiro atoms. The summed E-state index contributed by atoms with van der Waals surface area (Å²) in [4.78, 5) is 12.5.